The zero-order valence-corrected chi connectivity index (χ0v) is 12.2. The molecule has 1 aromatic rings. The lowest BCUT2D eigenvalue weighted by Crippen LogP contribution is -2.09. The highest BCUT2D eigenvalue weighted by atomic mass is 32.2. The molecule has 0 fully saturated rings. The third kappa shape index (κ3) is 5.94. The summed E-state index contributed by atoms with van der Waals surface area (Å²) in [6.07, 6.45) is 1.68. The molecule has 19 heavy (non-hydrogen) atoms. The van der Waals surface area contributed by atoms with Crippen LogP contribution in [0.1, 0.15) is 18.9 Å². The molecule has 108 valence electrons. The summed E-state index contributed by atoms with van der Waals surface area (Å²) in [7, 11) is -2.94. The van der Waals surface area contributed by atoms with Crippen LogP contribution in [0.3, 0.4) is 0 Å². The van der Waals surface area contributed by atoms with Crippen molar-refractivity contribution in [2.24, 2.45) is 5.73 Å². The number of sulfone groups is 1. The van der Waals surface area contributed by atoms with Crippen molar-refractivity contribution in [3.8, 4) is 11.5 Å². The molecule has 0 saturated heterocycles. The minimum Gasteiger partial charge on any atom is -0.490 e. The third-order valence-corrected chi connectivity index (χ3v) is 3.49. The van der Waals surface area contributed by atoms with E-state index in [1.165, 1.54) is 6.26 Å². The minimum atomic E-state index is -2.94. The van der Waals surface area contributed by atoms with Crippen LogP contribution >= 0.6 is 0 Å². The molecule has 0 aromatic heterocycles. The highest BCUT2D eigenvalue weighted by Crippen LogP contribution is 2.28. The summed E-state index contributed by atoms with van der Waals surface area (Å²) in [5.41, 5.74) is 6.54. The predicted molar refractivity (Wildman–Crippen MR) is 75.3 cm³/mol. The Morgan fingerprint density at radius 1 is 1.21 bits per heavy atom. The molecule has 0 heterocycles. The molecule has 1 rings (SSSR count). The highest BCUT2D eigenvalue weighted by molar-refractivity contribution is 7.90. The molecule has 0 unspecified atom stereocenters. The van der Waals surface area contributed by atoms with Gasteiger partial charge in [0.1, 0.15) is 9.84 Å². The first-order valence-electron chi connectivity index (χ1n) is 6.22. The van der Waals surface area contributed by atoms with E-state index in [1.54, 1.807) is 6.07 Å². The fourth-order valence-electron chi connectivity index (χ4n) is 1.57. The molecule has 0 aliphatic heterocycles. The van der Waals surface area contributed by atoms with E-state index in [2.05, 4.69) is 0 Å². The number of hydrogen-bond donors (Lipinski definition) is 1. The molecule has 0 radical (unpaired) electrons. The smallest absolute Gasteiger partial charge is 0.161 e. The van der Waals surface area contributed by atoms with Gasteiger partial charge in [-0.3, -0.25) is 0 Å². The first kappa shape index (κ1) is 15.8. The van der Waals surface area contributed by atoms with Crippen molar-refractivity contribution >= 4 is 9.84 Å². The van der Waals surface area contributed by atoms with Crippen LogP contribution < -0.4 is 15.2 Å². The fraction of sp³-hybridized carbons (Fsp3) is 0.538. The van der Waals surface area contributed by atoms with Crippen LogP contribution in [0.15, 0.2) is 18.2 Å². The Kier molecular flexibility index (Phi) is 6.11. The Hall–Kier alpha value is -1.27. The van der Waals surface area contributed by atoms with Crippen molar-refractivity contribution in [1.82, 2.24) is 0 Å². The van der Waals surface area contributed by atoms with Crippen LogP contribution in [0.5, 0.6) is 11.5 Å². The summed E-state index contributed by atoms with van der Waals surface area (Å²) < 4.78 is 33.0. The zero-order valence-electron chi connectivity index (χ0n) is 11.4. The molecule has 0 aliphatic rings. The molecule has 2 N–H and O–H groups in total. The normalized spacial score (nSPS) is 11.3. The van der Waals surface area contributed by atoms with Crippen LogP contribution in [0, 0.1) is 0 Å². The second-order valence-corrected chi connectivity index (χ2v) is 6.51. The summed E-state index contributed by atoms with van der Waals surface area (Å²) in [5, 5.41) is 0. The van der Waals surface area contributed by atoms with Crippen molar-refractivity contribution in [3.63, 3.8) is 0 Å². The molecule has 0 spiro atoms. The molecule has 0 amide bonds. The fourth-order valence-corrected chi connectivity index (χ4v) is 2.21. The Balaban J connectivity index is 2.61. The summed E-state index contributed by atoms with van der Waals surface area (Å²) in [5.74, 6) is 1.38. The lowest BCUT2D eigenvalue weighted by molar-refractivity contribution is 0.277. The van der Waals surface area contributed by atoms with E-state index in [-0.39, 0.29) is 5.75 Å². The van der Waals surface area contributed by atoms with E-state index in [1.807, 2.05) is 19.1 Å². The van der Waals surface area contributed by atoms with Gasteiger partial charge in [0.05, 0.1) is 19.0 Å². The number of hydrogen-bond acceptors (Lipinski definition) is 5. The molecule has 1 aromatic carbocycles. The third-order valence-electron chi connectivity index (χ3n) is 2.46. The van der Waals surface area contributed by atoms with Gasteiger partial charge in [-0.2, -0.15) is 0 Å². The number of nitrogens with two attached hydrogens (primary N) is 1. The quantitative estimate of drug-likeness (QED) is 0.730. The summed E-state index contributed by atoms with van der Waals surface area (Å²) >= 11 is 0. The van der Waals surface area contributed by atoms with E-state index in [9.17, 15) is 8.42 Å². The largest absolute Gasteiger partial charge is 0.490 e. The van der Waals surface area contributed by atoms with E-state index in [0.717, 1.165) is 5.56 Å². The van der Waals surface area contributed by atoms with Crippen LogP contribution in [-0.2, 0) is 16.4 Å². The van der Waals surface area contributed by atoms with Crippen LogP contribution in [0.4, 0.5) is 0 Å². The maximum atomic E-state index is 11.0. The number of rotatable bonds is 8. The van der Waals surface area contributed by atoms with Gasteiger partial charge in [-0.25, -0.2) is 8.42 Å². The van der Waals surface area contributed by atoms with Crippen LogP contribution in [0.2, 0.25) is 0 Å². The first-order valence-corrected chi connectivity index (χ1v) is 8.28. The van der Waals surface area contributed by atoms with Gasteiger partial charge in [0.25, 0.3) is 0 Å². The van der Waals surface area contributed by atoms with E-state index < -0.39 is 9.84 Å². The monoisotopic (exact) mass is 287 g/mol. The first-order chi connectivity index (χ1) is 8.96. The molecule has 0 saturated carbocycles. The van der Waals surface area contributed by atoms with Gasteiger partial charge in [0.15, 0.2) is 11.5 Å². The van der Waals surface area contributed by atoms with Gasteiger partial charge in [-0.15, -0.1) is 0 Å². The molecular weight excluding hydrogens is 266 g/mol. The van der Waals surface area contributed by atoms with E-state index in [4.69, 9.17) is 15.2 Å². The van der Waals surface area contributed by atoms with E-state index >= 15 is 0 Å². The maximum Gasteiger partial charge on any atom is 0.161 e. The van der Waals surface area contributed by atoms with Crippen molar-refractivity contribution in [2.75, 3.05) is 25.2 Å². The molecule has 5 nitrogen and oxygen atoms in total. The minimum absolute atomic E-state index is 0.123. The summed E-state index contributed by atoms with van der Waals surface area (Å²) in [6, 6.07) is 5.51. The Bertz CT molecular complexity index is 499. The average molecular weight is 287 g/mol. The summed E-state index contributed by atoms with van der Waals surface area (Å²) in [4.78, 5) is 0. The van der Waals surface area contributed by atoms with Gasteiger partial charge < -0.3 is 15.2 Å². The Morgan fingerprint density at radius 2 is 1.95 bits per heavy atom. The lowest BCUT2D eigenvalue weighted by atomic mass is 10.2. The molecule has 0 atom stereocenters. The van der Waals surface area contributed by atoms with Crippen molar-refractivity contribution < 1.29 is 17.9 Å². The van der Waals surface area contributed by atoms with Crippen LogP contribution in [-0.4, -0.2) is 33.6 Å². The number of ether oxygens (including phenoxy) is 2. The number of benzene rings is 1. The molecule has 0 aliphatic carbocycles. The van der Waals surface area contributed by atoms with Gasteiger partial charge in [0.2, 0.25) is 0 Å². The lowest BCUT2D eigenvalue weighted by Gasteiger charge is -2.12. The van der Waals surface area contributed by atoms with Gasteiger partial charge >= 0.3 is 0 Å². The highest BCUT2D eigenvalue weighted by Gasteiger charge is 2.07. The Morgan fingerprint density at radius 3 is 2.53 bits per heavy atom. The zero-order chi connectivity index (χ0) is 14.3. The second-order valence-electron chi connectivity index (χ2n) is 4.25. The predicted octanol–water partition coefficient (Wildman–Crippen LogP) is 1.36. The van der Waals surface area contributed by atoms with Gasteiger partial charge in [-0.05, 0) is 31.0 Å². The van der Waals surface area contributed by atoms with Crippen LogP contribution in [0.25, 0.3) is 0 Å². The Labute approximate surface area is 114 Å². The van der Waals surface area contributed by atoms with Crippen molar-refractivity contribution in [3.05, 3.63) is 23.8 Å². The standard InChI is InChI=1S/C13H21NO4S/c1-3-17-13-9-11(10-14)5-6-12(13)18-7-4-8-19(2,15)16/h5-6,9H,3-4,7-8,10,14H2,1-2H3. The van der Waals surface area contributed by atoms with Crippen molar-refractivity contribution in [1.29, 1.82) is 0 Å². The maximum absolute atomic E-state index is 11.0. The molecular formula is C13H21NO4S. The topological polar surface area (TPSA) is 78.6 Å². The SMILES string of the molecule is CCOc1cc(CN)ccc1OCCCS(C)(=O)=O. The van der Waals surface area contributed by atoms with Gasteiger partial charge in [-0.1, -0.05) is 6.07 Å². The average Bonchev–Trinajstić information content (AvgIpc) is 2.35. The van der Waals surface area contributed by atoms with Gasteiger partial charge in [0, 0.05) is 12.8 Å². The molecule has 6 heteroatoms. The molecule has 0 bridgehead atoms. The van der Waals surface area contributed by atoms with Crippen molar-refractivity contribution in [2.45, 2.75) is 19.9 Å². The second kappa shape index (κ2) is 7.35. The summed E-state index contributed by atoms with van der Waals surface area (Å²) in [6.45, 7) is 3.21. The van der Waals surface area contributed by atoms with E-state index in [0.29, 0.717) is 37.7 Å².